The normalized spacial score (nSPS) is 10.7. The van der Waals surface area contributed by atoms with E-state index >= 15 is 0 Å². The zero-order valence-corrected chi connectivity index (χ0v) is 12.2. The summed E-state index contributed by atoms with van der Waals surface area (Å²) in [5.41, 5.74) is 6.17. The summed E-state index contributed by atoms with van der Waals surface area (Å²) in [7, 11) is 1.34. The van der Waals surface area contributed by atoms with Gasteiger partial charge in [0.25, 0.3) is 0 Å². The number of imidazole rings is 1. The molecule has 0 aliphatic heterocycles. The Labute approximate surface area is 115 Å². The van der Waals surface area contributed by atoms with Crippen molar-refractivity contribution in [3.63, 3.8) is 0 Å². The van der Waals surface area contributed by atoms with Gasteiger partial charge in [-0.25, -0.2) is 9.78 Å². The molecule has 5 heteroatoms. The van der Waals surface area contributed by atoms with Crippen LogP contribution < -0.4 is 5.73 Å². The summed E-state index contributed by atoms with van der Waals surface area (Å²) in [6.07, 6.45) is 7.36. The fourth-order valence-electron chi connectivity index (χ4n) is 2.16. The van der Waals surface area contributed by atoms with E-state index in [1.54, 1.807) is 0 Å². The van der Waals surface area contributed by atoms with Crippen molar-refractivity contribution in [2.24, 2.45) is 0 Å². The van der Waals surface area contributed by atoms with Crippen molar-refractivity contribution < 1.29 is 9.53 Å². The fourth-order valence-corrected chi connectivity index (χ4v) is 2.16. The highest BCUT2D eigenvalue weighted by Crippen LogP contribution is 2.16. The summed E-state index contributed by atoms with van der Waals surface area (Å²) in [6.45, 7) is 4.89. The number of nitrogen functional groups attached to an aromatic ring is 1. The minimum absolute atomic E-state index is 0.228. The monoisotopic (exact) mass is 267 g/mol. The van der Waals surface area contributed by atoms with Crippen LogP contribution in [0.4, 0.5) is 5.82 Å². The Morgan fingerprint density at radius 2 is 1.89 bits per heavy atom. The highest BCUT2D eigenvalue weighted by atomic mass is 16.5. The zero-order chi connectivity index (χ0) is 14.3. The van der Waals surface area contributed by atoms with Crippen LogP contribution >= 0.6 is 0 Å². The lowest BCUT2D eigenvalue weighted by molar-refractivity contribution is 0.0595. The van der Waals surface area contributed by atoms with Crippen molar-refractivity contribution in [2.75, 3.05) is 12.8 Å². The van der Waals surface area contributed by atoms with E-state index in [1.165, 1.54) is 39.2 Å². The Morgan fingerprint density at radius 3 is 2.53 bits per heavy atom. The number of nitrogens with zero attached hydrogens (tertiary/aromatic N) is 2. The Balaban J connectivity index is 2.50. The third-order valence-electron chi connectivity index (χ3n) is 3.31. The number of aromatic nitrogens is 2. The van der Waals surface area contributed by atoms with Gasteiger partial charge in [-0.3, -0.25) is 0 Å². The lowest BCUT2D eigenvalue weighted by Gasteiger charge is -2.07. The molecule has 0 unspecified atom stereocenters. The highest BCUT2D eigenvalue weighted by Gasteiger charge is 2.18. The van der Waals surface area contributed by atoms with Gasteiger partial charge in [-0.2, -0.15) is 0 Å². The zero-order valence-electron chi connectivity index (χ0n) is 12.2. The van der Waals surface area contributed by atoms with Crippen LogP contribution in [0.15, 0.2) is 0 Å². The van der Waals surface area contributed by atoms with E-state index in [1.807, 2.05) is 11.5 Å². The van der Waals surface area contributed by atoms with E-state index in [-0.39, 0.29) is 5.69 Å². The number of esters is 1. The standard InChI is InChI=1S/C14H25N3O2/c1-4-5-6-7-8-9-10-17-11(2)16-12(13(17)15)14(18)19-3/h4-10,15H2,1-3H3. The summed E-state index contributed by atoms with van der Waals surface area (Å²) in [5.74, 6) is 0.715. The van der Waals surface area contributed by atoms with Gasteiger partial charge in [-0.1, -0.05) is 39.0 Å². The smallest absolute Gasteiger partial charge is 0.360 e. The molecule has 0 aromatic carbocycles. The second-order valence-electron chi connectivity index (χ2n) is 4.80. The number of aryl methyl sites for hydroxylation is 1. The molecule has 0 aliphatic carbocycles. The topological polar surface area (TPSA) is 70.1 Å². The van der Waals surface area contributed by atoms with Gasteiger partial charge in [0.1, 0.15) is 11.6 Å². The number of anilines is 1. The van der Waals surface area contributed by atoms with E-state index in [2.05, 4.69) is 16.6 Å². The lowest BCUT2D eigenvalue weighted by atomic mass is 10.1. The number of ether oxygens (including phenoxy) is 1. The van der Waals surface area contributed by atoms with Gasteiger partial charge in [0.2, 0.25) is 0 Å². The number of methoxy groups -OCH3 is 1. The Morgan fingerprint density at radius 1 is 1.26 bits per heavy atom. The molecule has 5 nitrogen and oxygen atoms in total. The summed E-state index contributed by atoms with van der Waals surface area (Å²) < 4.78 is 6.56. The second kappa shape index (κ2) is 7.81. The molecule has 0 aliphatic rings. The molecule has 0 bridgehead atoms. The third kappa shape index (κ3) is 4.26. The molecule has 2 N–H and O–H groups in total. The van der Waals surface area contributed by atoms with Gasteiger partial charge in [0.15, 0.2) is 5.69 Å². The molecule has 0 fully saturated rings. The van der Waals surface area contributed by atoms with Crippen LogP contribution in [0.5, 0.6) is 0 Å². The van der Waals surface area contributed by atoms with Crippen molar-refractivity contribution >= 4 is 11.8 Å². The number of hydrogen-bond donors (Lipinski definition) is 1. The van der Waals surface area contributed by atoms with Crippen LogP contribution in [0, 0.1) is 6.92 Å². The van der Waals surface area contributed by atoms with Gasteiger partial charge < -0.3 is 15.0 Å². The van der Waals surface area contributed by atoms with Crippen LogP contribution in [-0.4, -0.2) is 22.6 Å². The molecule has 0 saturated heterocycles. The van der Waals surface area contributed by atoms with Crippen molar-refractivity contribution in [3.05, 3.63) is 11.5 Å². The first-order chi connectivity index (χ1) is 9.11. The van der Waals surface area contributed by atoms with Crippen LogP contribution in [0.2, 0.25) is 0 Å². The predicted octanol–water partition coefficient (Wildman–Crippen LogP) is 2.92. The summed E-state index contributed by atoms with van der Waals surface area (Å²) in [4.78, 5) is 15.6. The van der Waals surface area contributed by atoms with Crippen molar-refractivity contribution in [1.29, 1.82) is 0 Å². The number of unbranched alkanes of at least 4 members (excludes halogenated alkanes) is 5. The molecule has 0 spiro atoms. The Bertz CT molecular complexity index is 413. The first kappa shape index (κ1) is 15.5. The van der Waals surface area contributed by atoms with Crippen molar-refractivity contribution in [3.8, 4) is 0 Å². The van der Waals surface area contributed by atoms with Crippen LogP contribution in [0.1, 0.15) is 61.8 Å². The molecular formula is C14H25N3O2. The number of hydrogen-bond acceptors (Lipinski definition) is 4. The molecule has 1 aromatic rings. The summed E-state index contributed by atoms with van der Waals surface area (Å²) in [6, 6.07) is 0. The van der Waals surface area contributed by atoms with Gasteiger partial charge in [0, 0.05) is 6.54 Å². The Kier molecular flexibility index (Phi) is 6.39. The van der Waals surface area contributed by atoms with E-state index in [4.69, 9.17) is 5.73 Å². The number of carbonyl (C=O) groups excluding carboxylic acids is 1. The number of carbonyl (C=O) groups is 1. The fraction of sp³-hybridized carbons (Fsp3) is 0.714. The van der Waals surface area contributed by atoms with Crippen LogP contribution in [-0.2, 0) is 11.3 Å². The Hall–Kier alpha value is -1.52. The highest BCUT2D eigenvalue weighted by molar-refractivity contribution is 5.92. The maximum Gasteiger partial charge on any atom is 0.360 e. The molecule has 108 valence electrons. The molecule has 1 aromatic heterocycles. The van der Waals surface area contributed by atoms with Crippen LogP contribution in [0.3, 0.4) is 0 Å². The van der Waals surface area contributed by atoms with Gasteiger partial charge >= 0.3 is 5.97 Å². The van der Waals surface area contributed by atoms with E-state index in [0.717, 1.165) is 18.8 Å². The predicted molar refractivity (Wildman–Crippen MR) is 76.1 cm³/mol. The third-order valence-corrected chi connectivity index (χ3v) is 3.31. The maximum atomic E-state index is 11.5. The minimum atomic E-state index is -0.470. The summed E-state index contributed by atoms with van der Waals surface area (Å²) in [5, 5.41) is 0. The largest absolute Gasteiger partial charge is 0.464 e. The van der Waals surface area contributed by atoms with Gasteiger partial charge in [-0.15, -0.1) is 0 Å². The van der Waals surface area contributed by atoms with E-state index in [0.29, 0.717) is 5.82 Å². The second-order valence-corrected chi connectivity index (χ2v) is 4.80. The van der Waals surface area contributed by atoms with E-state index < -0.39 is 5.97 Å². The molecular weight excluding hydrogens is 242 g/mol. The average molecular weight is 267 g/mol. The summed E-state index contributed by atoms with van der Waals surface area (Å²) >= 11 is 0. The molecule has 0 saturated carbocycles. The number of rotatable bonds is 8. The molecule has 1 heterocycles. The average Bonchev–Trinajstić information content (AvgIpc) is 2.69. The molecule has 19 heavy (non-hydrogen) atoms. The SMILES string of the molecule is CCCCCCCCn1c(C)nc(C(=O)OC)c1N. The molecule has 0 amide bonds. The van der Waals surface area contributed by atoms with Crippen LogP contribution in [0.25, 0.3) is 0 Å². The van der Waals surface area contributed by atoms with Crippen molar-refractivity contribution in [2.45, 2.75) is 58.9 Å². The lowest BCUT2D eigenvalue weighted by Crippen LogP contribution is -2.09. The first-order valence-corrected chi connectivity index (χ1v) is 7.02. The van der Waals surface area contributed by atoms with Crippen molar-refractivity contribution in [1.82, 2.24) is 9.55 Å². The van der Waals surface area contributed by atoms with Gasteiger partial charge in [0.05, 0.1) is 7.11 Å². The number of nitrogens with two attached hydrogens (primary N) is 1. The maximum absolute atomic E-state index is 11.5. The minimum Gasteiger partial charge on any atom is -0.464 e. The molecule has 0 radical (unpaired) electrons. The quantitative estimate of drug-likeness (QED) is 0.580. The molecule has 0 atom stereocenters. The van der Waals surface area contributed by atoms with E-state index in [9.17, 15) is 4.79 Å². The molecule has 1 rings (SSSR count). The first-order valence-electron chi connectivity index (χ1n) is 7.02. The van der Waals surface area contributed by atoms with Gasteiger partial charge in [-0.05, 0) is 13.3 Å².